The van der Waals surface area contributed by atoms with Crippen molar-refractivity contribution >= 4 is 11.9 Å². The molecular formula is C14H25NO4. The highest BCUT2D eigenvalue weighted by Crippen LogP contribution is 1.97. The first-order valence-electron chi connectivity index (χ1n) is 6.81. The summed E-state index contributed by atoms with van der Waals surface area (Å²) in [5, 5.41) is 0. The second kappa shape index (κ2) is 11.7. The highest BCUT2D eigenvalue weighted by molar-refractivity contribution is 5.81. The van der Waals surface area contributed by atoms with Gasteiger partial charge in [-0.3, -0.25) is 4.79 Å². The zero-order chi connectivity index (χ0) is 14.5. The highest BCUT2D eigenvalue weighted by atomic mass is 16.5. The Morgan fingerprint density at radius 1 is 1.11 bits per heavy atom. The summed E-state index contributed by atoms with van der Waals surface area (Å²) in [5.74, 6) is -0.591. The van der Waals surface area contributed by atoms with Crippen molar-refractivity contribution in [2.75, 3.05) is 32.8 Å². The lowest BCUT2D eigenvalue weighted by atomic mass is 10.3. The first-order valence-corrected chi connectivity index (χ1v) is 6.81. The van der Waals surface area contributed by atoms with Crippen molar-refractivity contribution in [3.8, 4) is 0 Å². The van der Waals surface area contributed by atoms with Crippen molar-refractivity contribution in [3.63, 3.8) is 0 Å². The summed E-state index contributed by atoms with van der Waals surface area (Å²) >= 11 is 0. The number of ether oxygens (including phenoxy) is 2. The normalized spacial score (nSPS) is 10.3. The van der Waals surface area contributed by atoms with Crippen LogP contribution in [-0.2, 0) is 19.1 Å². The third-order valence-corrected chi connectivity index (χ3v) is 2.74. The van der Waals surface area contributed by atoms with Gasteiger partial charge >= 0.3 is 11.9 Å². The number of rotatable bonds is 11. The average molecular weight is 271 g/mol. The maximum atomic E-state index is 11.4. The van der Waals surface area contributed by atoms with Crippen LogP contribution >= 0.6 is 0 Å². The molecule has 0 aromatic carbocycles. The molecule has 0 heterocycles. The maximum absolute atomic E-state index is 11.4. The van der Waals surface area contributed by atoms with Gasteiger partial charge in [0.15, 0.2) is 0 Å². The fourth-order valence-corrected chi connectivity index (χ4v) is 1.48. The van der Waals surface area contributed by atoms with Crippen LogP contribution in [0.15, 0.2) is 12.7 Å². The molecule has 0 bridgehead atoms. The molecule has 0 rings (SSSR count). The Hall–Kier alpha value is -1.36. The third kappa shape index (κ3) is 10.3. The SMILES string of the molecule is C=CC(=O)OCCCCOC(=O)CCN(CC)CC. The molecule has 0 aromatic heterocycles. The molecule has 0 aliphatic heterocycles. The van der Waals surface area contributed by atoms with Gasteiger partial charge in [0.05, 0.1) is 19.6 Å². The lowest BCUT2D eigenvalue weighted by Gasteiger charge is -2.16. The Labute approximate surface area is 115 Å². The summed E-state index contributed by atoms with van der Waals surface area (Å²) in [5.41, 5.74) is 0. The molecule has 19 heavy (non-hydrogen) atoms. The molecule has 5 heteroatoms. The van der Waals surface area contributed by atoms with Gasteiger partial charge in [-0.15, -0.1) is 0 Å². The van der Waals surface area contributed by atoms with Crippen LogP contribution in [0, 0.1) is 0 Å². The molecule has 0 aliphatic rings. The van der Waals surface area contributed by atoms with E-state index in [1.165, 1.54) is 0 Å². The Morgan fingerprint density at radius 3 is 2.21 bits per heavy atom. The molecule has 0 unspecified atom stereocenters. The fourth-order valence-electron chi connectivity index (χ4n) is 1.48. The number of hydrogen-bond acceptors (Lipinski definition) is 5. The van der Waals surface area contributed by atoms with E-state index in [2.05, 4.69) is 25.3 Å². The van der Waals surface area contributed by atoms with Gasteiger partial charge in [-0.05, 0) is 25.9 Å². The van der Waals surface area contributed by atoms with Crippen molar-refractivity contribution in [3.05, 3.63) is 12.7 Å². The molecule has 0 N–H and O–H groups in total. The van der Waals surface area contributed by atoms with E-state index in [0.29, 0.717) is 32.5 Å². The summed E-state index contributed by atoms with van der Waals surface area (Å²) in [6, 6.07) is 0. The molecule has 0 aromatic rings. The van der Waals surface area contributed by atoms with Crippen LogP contribution in [0.2, 0.25) is 0 Å². The summed E-state index contributed by atoms with van der Waals surface area (Å²) in [6.07, 6.45) is 2.94. The maximum Gasteiger partial charge on any atom is 0.330 e. The molecule has 0 saturated heterocycles. The highest BCUT2D eigenvalue weighted by Gasteiger charge is 2.06. The van der Waals surface area contributed by atoms with Gasteiger partial charge in [-0.1, -0.05) is 20.4 Å². The van der Waals surface area contributed by atoms with Crippen molar-refractivity contribution in [1.82, 2.24) is 4.90 Å². The topological polar surface area (TPSA) is 55.8 Å². The predicted octanol–water partition coefficient (Wildman–Crippen LogP) is 1.77. The molecule has 0 amide bonds. The van der Waals surface area contributed by atoms with Gasteiger partial charge in [-0.25, -0.2) is 4.79 Å². The smallest absolute Gasteiger partial charge is 0.330 e. The molecule has 0 saturated carbocycles. The summed E-state index contributed by atoms with van der Waals surface area (Å²) in [6.45, 7) is 10.8. The number of esters is 2. The number of unbranched alkanes of at least 4 members (excludes halogenated alkanes) is 1. The summed E-state index contributed by atoms with van der Waals surface area (Å²) in [4.78, 5) is 24.3. The molecule has 0 atom stereocenters. The predicted molar refractivity (Wildman–Crippen MR) is 73.8 cm³/mol. The molecule has 0 radical (unpaired) electrons. The monoisotopic (exact) mass is 271 g/mol. The van der Waals surface area contributed by atoms with Crippen LogP contribution < -0.4 is 0 Å². The van der Waals surface area contributed by atoms with E-state index in [4.69, 9.17) is 9.47 Å². The minimum atomic E-state index is -0.420. The number of carbonyl (C=O) groups is 2. The molecular weight excluding hydrogens is 246 g/mol. The zero-order valence-corrected chi connectivity index (χ0v) is 12.0. The molecule has 0 aliphatic carbocycles. The Kier molecular flexibility index (Phi) is 10.9. The average Bonchev–Trinajstić information content (AvgIpc) is 2.43. The second-order valence-corrected chi connectivity index (χ2v) is 4.08. The molecule has 0 spiro atoms. The van der Waals surface area contributed by atoms with Crippen molar-refractivity contribution in [2.24, 2.45) is 0 Å². The lowest BCUT2D eigenvalue weighted by Crippen LogP contribution is -2.26. The summed E-state index contributed by atoms with van der Waals surface area (Å²) in [7, 11) is 0. The van der Waals surface area contributed by atoms with E-state index in [9.17, 15) is 9.59 Å². The second-order valence-electron chi connectivity index (χ2n) is 4.08. The van der Waals surface area contributed by atoms with Gasteiger partial charge in [0, 0.05) is 12.6 Å². The van der Waals surface area contributed by atoms with Crippen molar-refractivity contribution in [1.29, 1.82) is 0 Å². The van der Waals surface area contributed by atoms with E-state index in [1.54, 1.807) is 0 Å². The van der Waals surface area contributed by atoms with Gasteiger partial charge in [0.1, 0.15) is 0 Å². The molecule has 0 fully saturated rings. The van der Waals surface area contributed by atoms with Gasteiger partial charge in [0.25, 0.3) is 0 Å². The largest absolute Gasteiger partial charge is 0.466 e. The standard InChI is InChI=1S/C14H25NO4/c1-4-13(16)18-11-7-8-12-19-14(17)9-10-15(5-2)6-3/h4H,1,5-12H2,2-3H3. The van der Waals surface area contributed by atoms with E-state index in [0.717, 1.165) is 25.7 Å². The fraction of sp³-hybridized carbons (Fsp3) is 0.714. The lowest BCUT2D eigenvalue weighted by molar-refractivity contribution is -0.144. The first kappa shape index (κ1) is 17.6. The van der Waals surface area contributed by atoms with Crippen LogP contribution in [0.5, 0.6) is 0 Å². The van der Waals surface area contributed by atoms with Crippen LogP contribution in [0.1, 0.15) is 33.1 Å². The van der Waals surface area contributed by atoms with Crippen LogP contribution in [0.4, 0.5) is 0 Å². The number of carbonyl (C=O) groups excluding carboxylic acids is 2. The van der Waals surface area contributed by atoms with Gasteiger partial charge < -0.3 is 14.4 Å². The van der Waals surface area contributed by atoms with E-state index in [1.807, 2.05) is 0 Å². The van der Waals surface area contributed by atoms with E-state index in [-0.39, 0.29) is 5.97 Å². The van der Waals surface area contributed by atoms with Crippen LogP contribution in [-0.4, -0.2) is 49.7 Å². The number of hydrogen-bond donors (Lipinski definition) is 0. The Balaban J connectivity index is 3.43. The van der Waals surface area contributed by atoms with Crippen LogP contribution in [0.25, 0.3) is 0 Å². The molecule has 110 valence electrons. The first-order chi connectivity index (χ1) is 9.13. The minimum Gasteiger partial charge on any atom is -0.466 e. The Morgan fingerprint density at radius 2 is 1.68 bits per heavy atom. The molecule has 5 nitrogen and oxygen atoms in total. The minimum absolute atomic E-state index is 0.171. The number of nitrogens with zero attached hydrogens (tertiary/aromatic N) is 1. The van der Waals surface area contributed by atoms with E-state index >= 15 is 0 Å². The Bertz CT molecular complexity index is 275. The third-order valence-electron chi connectivity index (χ3n) is 2.74. The quantitative estimate of drug-likeness (QED) is 0.326. The summed E-state index contributed by atoms with van der Waals surface area (Å²) < 4.78 is 9.89. The van der Waals surface area contributed by atoms with Gasteiger partial charge in [-0.2, -0.15) is 0 Å². The van der Waals surface area contributed by atoms with Gasteiger partial charge in [0.2, 0.25) is 0 Å². The zero-order valence-electron chi connectivity index (χ0n) is 12.0. The van der Waals surface area contributed by atoms with Crippen molar-refractivity contribution < 1.29 is 19.1 Å². The van der Waals surface area contributed by atoms with Crippen LogP contribution in [0.3, 0.4) is 0 Å². The van der Waals surface area contributed by atoms with Crippen molar-refractivity contribution in [2.45, 2.75) is 33.1 Å². The van der Waals surface area contributed by atoms with E-state index < -0.39 is 5.97 Å².